The first kappa shape index (κ1) is 13.5. The smallest absolute Gasteiger partial charge is 0.254 e. The Kier molecular flexibility index (Phi) is 4.94. The Hall–Kier alpha value is -1.58. The number of anilines is 1. The van der Waals surface area contributed by atoms with Gasteiger partial charge in [0.05, 0.1) is 5.56 Å². The molecule has 0 saturated heterocycles. The first-order valence-corrected chi connectivity index (χ1v) is 5.84. The lowest BCUT2D eigenvalue weighted by Gasteiger charge is -2.07. The van der Waals surface area contributed by atoms with E-state index in [0.717, 1.165) is 18.9 Å². The molecule has 0 saturated carbocycles. The van der Waals surface area contributed by atoms with Gasteiger partial charge in [-0.25, -0.2) is 4.39 Å². The van der Waals surface area contributed by atoms with Crippen LogP contribution in [0.15, 0.2) is 18.2 Å². The van der Waals surface area contributed by atoms with E-state index < -0.39 is 5.82 Å². The molecule has 0 atom stereocenters. The van der Waals surface area contributed by atoms with Gasteiger partial charge in [0.15, 0.2) is 0 Å². The van der Waals surface area contributed by atoms with Crippen molar-refractivity contribution in [3.8, 4) is 0 Å². The first-order valence-electron chi connectivity index (χ1n) is 5.84. The predicted octanol–water partition coefficient (Wildman–Crippen LogP) is 2.57. The quantitative estimate of drug-likeness (QED) is 0.612. The van der Waals surface area contributed by atoms with Crippen molar-refractivity contribution in [1.82, 2.24) is 5.32 Å². The summed E-state index contributed by atoms with van der Waals surface area (Å²) in [6, 6.07) is 4.08. The standard InChI is InChI=1S/C13H19FN2O/c1-9(2)4-3-7-16-13(17)11-6-5-10(15)8-12(11)14/h5-6,8-9H,3-4,7,15H2,1-2H3,(H,16,17). The van der Waals surface area contributed by atoms with Crippen molar-refractivity contribution in [3.63, 3.8) is 0 Å². The van der Waals surface area contributed by atoms with Crippen LogP contribution in [0.1, 0.15) is 37.0 Å². The van der Waals surface area contributed by atoms with Crippen LogP contribution in [0, 0.1) is 11.7 Å². The number of halogens is 1. The molecule has 0 radical (unpaired) electrons. The van der Waals surface area contributed by atoms with Crippen molar-refractivity contribution in [1.29, 1.82) is 0 Å². The number of amides is 1. The first-order chi connectivity index (χ1) is 8.00. The lowest BCUT2D eigenvalue weighted by atomic mass is 10.1. The van der Waals surface area contributed by atoms with Crippen molar-refractivity contribution in [2.75, 3.05) is 12.3 Å². The lowest BCUT2D eigenvalue weighted by Crippen LogP contribution is -2.25. The topological polar surface area (TPSA) is 55.1 Å². The van der Waals surface area contributed by atoms with E-state index in [0.29, 0.717) is 18.2 Å². The summed E-state index contributed by atoms with van der Waals surface area (Å²) < 4.78 is 13.4. The highest BCUT2D eigenvalue weighted by Crippen LogP contribution is 2.11. The van der Waals surface area contributed by atoms with E-state index in [9.17, 15) is 9.18 Å². The van der Waals surface area contributed by atoms with E-state index in [1.165, 1.54) is 12.1 Å². The highest BCUT2D eigenvalue weighted by molar-refractivity contribution is 5.94. The van der Waals surface area contributed by atoms with Gasteiger partial charge in [-0.3, -0.25) is 4.79 Å². The van der Waals surface area contributed by atoms with Crippen LogP contribution in [-0.4, -0.2) is 12.5 Å². The predicted molar refractivity (Wildman–Crippen MR) is 67.2 cm³/mol. The van der Waals surface area contributed by atoms with Gasteiger partial charge in [-0.1, -0.05) is 13.8 Å². The molecule has 0 fully saturated rings. The van der Waals surface area contributed by atoms with Crippen molar-refractivity contribution in [2.45, 2.75) is 26.7 Å². The number of nitrogen functional groups attached to an aromatic ring is 1. The van der Waals surface area contributed by atoms with Crippen molar-refractivity contribution < 1.29 is 9.18 Å². The largest absolute Gasteiger partial charge is 0.399 e. The Balaban J connectivity index is 2.47. The average Bonchev–Trinajstić information content (AvgIpc) is 2.23. The van der Waals surface area contributed by atoms with E-state index in [4.69, 9.17) is 5.73 Å². The maximum atomic E-state index is 13.4. The van der Waals surface area contributed by atoms with E-state index in [1.54, 1.807) is 0 Å². The number of nitrogens with two attached hydrogens (primary N) is 1. The minimum Gasteiger partial charge on any atom is -0.399 e. The fourth-order valence-corrected chi connectivity index (χ4v) is 1.52. The third-order valence-corrected chi connectivity index (χ3v) is 2.48. The van der Waals surface area contributed by atoms with Crippen molar-refractivity contribution in [2.24, 2.45) is 5.92 Å². The third-order valence-electron chi connectivity index (χ3n) is 2.48. The Morgan fingerprint density at radius 1 is 1.47 bits per heavy atom. The van der Waals surface area contributed by atoms with Crippen molar-refractivity contribution >= 4 is 11.6 Å². The molecule has 17 heavy (non-hydrogen) atoms. The van der Waals surface area contributed by atoms with Crippen LogP contribution in [-0.2, 0) is 0 Å². The Morgan fingerprint density at radius 3 is 2.76 bits per heavy atom. The highest BCUT2D eigenvalue weighted by Gasteiger charge is 2.10. The summed E-state index contributed by atoms with van der Waals surface area (Å²) in [5, 5.41) is 2.69. The molecule has 0 unspecified atom stereocenters. The molecule has 0 aromatic heterocycles. The molecule has 1 aromatic rings. The molecule has 3 N–H and O–H groups in total. The van der Waals surface area contributed by atoms with Crippen molar-refractivity contribution in [3.05, 3.63) is 29.6 Å². The van der Waals surface area contributed by atoms with E-state index in [2.05, 4.69) is 19.2 Å². The summed E-state index contributed by atoms with van der Waals surface area (Å²) in [7, 11) is 0. The molecule has 4 heteroatoms. The van der Waals surface area contributed by atoms with Gasteiger partial charge in [-0.15, -0.1) is 0 Å². The molecule has 0 aliphatic carbocycles. The summed E-state index contributed by atoms with van der Waals surface area (Å²) >= 11 is 0. The minimum absolute atomic E-state index is 0.0451. The normalized spacial score (nSPS) is 10.6. The van der Waals surface area contributed by atoms with Gasteiger partial charge in [0.2, 0.25) is 0 Å². The number of carbonyl (C=O) groups is 1. The second-order valence-electron chi connectivity index (χ2n) is 4.53. The summed E-state index contributed by atoms with van der Waals surface area (Å²) in [5.41, 5.74) is 5.77. The van der Waals surface area contributed by atoms with Crippen LogP contribution in [0.2, 0.25) is 0 Å². The van der Waals surface area contributed by atoms with Gasteiger partial charge in [0, 0.05) is 12.2 Å². The van der Waals surface area contributed by atoms with Gasteiger partial charge in [0.25, 0.3) is 5.91 Å². The van der Waals surface area contributed by atoms with Gasteiger partial charge in [0.1, 0.15) is 5.82 Å². The Bertz CT molecular complexity index is 391. The van der Waals surface area contributed by atoms with E-state index in [-0.39, 0.29) is 11.5 Å². The zero-order chi connectivity index (χ0) is 12.8. The summed E-state index contributed by atoms with van der Waals surface area (Å²) in [5.74, 6) is -0.349. The second kappa shape index (κ2) is 6.23. The molecule has 0 spiro atoms. The molecule has 0 aliphatic heterocycles. The number of hydrogen-bond acceptors (Lipinski definition) is 2. The van der Waals surface area contributed by atoms with E-state index in [1.807, 2.05) is 0 Å². The zero-order valence-corrected chi connectivity index (χ0v) is 10.3. The molecule has 0 aliphatic rings. The Morgan fingerprint density at radius 2 is 2.18 bits per heavy atom. The molecule has 0 bridgehead atoms. The van der Waals surface area contributed by atoms with Crippen LogP contribution in [0.3, 0.4) is 0 Å². The monoisotopic (exact) mass is 238 g/mol. The number of hydrogen-bond donors (Lipinski definition) is 2. The average molecular weight is 238 g/mol. The lowest BCUT2D eigenvalue weighted by molar-refractivity contribution is 0.0948. The second-order valence-corrected chi connectivity index (χ2v) is 4.53. The highest BCUT2D eigenvalue weighted by atomic mass is 19.1. The summed E-state index contributed by atoms with van der Waals surface area (Å²) in [6.45, 7) is 4.82. The summed E-state index contributed by atoms with van der Waals surface area (Å²) in [4.78, 5) is 11.6. The SMILES string of the molecule is CC(C)CCCNC(=O)c1ccc(N)cc1F. The fraction of sp³-hybridized carbons (Fsp3) is 0.462. The Labute approximate surface area is 101 Å². The van der Waals surface area contributed by atoms with Gasteiger partial charge >= 0.3 is 0 Å². The van der Waals surface area contributed by atoms with Crippen LogP contribution in [0.4, 0.5) is 10.1 Å². The molecule has 1 rings (SSSR count). The number of nitrogens with one attached hydrogen (secondary N) is 1. The number of rotatable bonds is 5. The van der Waals surface area contributed by atoms with Crippen LogP contribution < -0.4 is 11.1 Å². The van der Waals surface area contributed by atoms with Gasteiger partial charge in [-0.05, 0) is 37.0 Å². The van der Waals surface area contributed by atoms with Gasteiger partial charge < -0.3 is 11.1 Å². The molecule has 94 valence electrons. The zero-order valence-electron chi connectivity index (χ0n) is 10.3. The molecule has 1 amide bonds. The van der Waals surface area contributed by atoms with Crippen LogP contribution in [0.25, 0.3) is 0 Å². The number of carbonyl (C=O) groups excluding carboxylic acids is 1. The molecule has 0 heterocycles. The van der Waals surface area contributed by atoms with Crippen LogP contribution >= 0.6 is 0 Å². The molecular formula is C13H19FN2O. The maximum absolute atomic E-state index is 13.4. The number of benzene rings is 1. The minimum atomic E-state index is -0.577. The molecule has 3 nitrogen and oxygen atoms in total. The maximum Gasteiger partial charge on any atom is 0.254 e. The van der Waals surface area contributed by atoms with Gasteiger partial charge in [-0.2, -0.15) is 0 Å². The molecular weight excluding hydrogens is 219 g/mol. The molecule has 1 aromatic carbocycles. The fourth-order valence-electron chi connectivity index (χ4n) is 1.52. The van der Waals surface area contributed by atoms with E-state index >= 15 is 0 Å². The third kappa shape index (κ3) is 4.43. The van der Waals surface area contributed by atoms with Crippen LogP contribution in [0.5, 0.6) is 0 Å². The summed E-state index contributed by atoms with van der Waals surface area (Å²) in [6.07, 6.45) is 1.95.